The molecule has 0 bridgehead atoms. The molecule has 5 rings (SSSR count). The average Bonchev–Trinajstić information content (AvgIpc) is 3.47. The fourth-order valence-electron chi connectivity index (χ4n) is 5.12. The first-order valence-electron chi connectivity index (χ1n) is 11.6. The van der Waals surface area contributed by atoms with Gasteiger partial charge < -0.3 is 15.6 Å². The summed E-state index contributed by atoms with van der Waals surface area (Å²) in [6.45, 7) is 8.53. The number of pyridine rings is 1. The van der Waals surface area contributed by atoms with E-state index in [0.29, 0.717) is 17.9 Å². The smallest absolute Gasteiger partial charge is 0.223 e. The number of H-pyrrole nitrogens is 1. The summed E-state index contributed by atoms with van der Waals surface area (Å²) in [5.74, 6) is 1.09. The fraction of sp³-hybridized carbons (Fsp3) is 0.462. The topological polar surface area (TPSA) is 69.8 Å². The van der Waals surface area contributed by atoms with Crippen LogP contribution in [0.3, 0.4) is 0 Å². The summed E-state index contributed by atoms with van der Waals surface area (Å²) in [6, 6.07) is 11.3. The summed E-state index contributed by atoms with van der Waals surface area (Å²) in [4.78, 5) is 20.8. The maximum absolute atomic E-state index is 12.8. The van der Waals surface area contributed by atoms with Crippen LogP contribution in [-0.2, 0) is 4.79 Å². The largest absolute Gasteiger partial charge is 0.354 e. The second kappa shape index (κ2) is 8.12. The van der Waals surface area contributed by atoms with Crippen molar-refractivity contribution in [2.75, 3.05) is 13.1 Å². The Balaban J connectivity index is 1.41. The quantitative estimate of drug-likeness (QED) is 0.568. The van der Waals surface area contributed by atoms with Gasteiger partial charge in [0.15, 0.2) is 0 Å². The van der Waals surface area contributed by atoms with Crippen molar-refractivity contribution in [3.63, 3.8) is 0 Å². The van der Waals surface area contributed by atoms with Crippen molar-refractivity contribution in [2.45, 2.75) is 57.9 Å². The monoisotopic (exact) mass is 416 g/mol. The van der Waals surface area contributed by atoms with Crippen LogP contribution in [0.5, 0.6) is 0 Å². The molecule has 1 saturated heterocycles. The third kappa shape index (κ3) is 3.99. The lowest BCUT2D eigenvalue weighted by molar-refractivity contribution is -0.123. The number of carbonyl (C=O) groups is 1. The minimum Gasteiger partial charge on any atom is -0.354 e. The Morgan fingerprint density at radius 1 is 1.16 bits per heavy atom. The van der Waals surface area contributed by atoms with E-state index in [1.165, 1.54) is 27.8 Å². The number of nitrogens with zero attached hydrogens (tertiary/aromatic N) is 1. The molecule has 31 heavy (non-hydrogen) atoms. The molecule has 2 aliphatic rings. The van der Waals surface area contributed by atoms with E-state index in [-0.39, 0.29) is 11.8 Å². The Morgan fingerprint density at radius 3 is 2.71 bits per heavy atom. The average molecular weight is 417 g/mol. The predicted octanol–water partition coefficient (Wildman–Crippen LogP) is 4.63. The highest BCUT2D eigenvalue weighted by molar-refractivity contribution is 5.92. The van der Waals surface area contributed by atoms with Gasteiger partial charge in [0.2, 0.25) is 5.91 Å². The highest BCUT2D eigenvalue weighted by Crippen LogP contribution is 2.49. The molecule has 3 heterocycles. The Morgan fingerprint density at radius 2 is 1.97 bits per heavy atom. The van der Waals surface area contributed by atoms with Gasteiger partial charge in [-0.25, -0.2) is 0 Å². The summed E-state index contributed by atoms with van der Waals surface area (Å²) in [6.07, 6.45) is 4.91. The number of aromatic amines is 1. The van der Waals surface area contributed by atoms with E-state index in [9.17, 15) is 4.79 Å². The van der Waals surface area contributed by atoms with Gasteiger partial charge in [-0.1, -0.05) is 19.9 Å². The van der Waals surface area contributed by atoms with Crippen LogP contribution >= 0.6 is 0 Å². The number of fused-ring (bicyclic) bond motifs is 1. The molecule has 3 N–H and O–H groups in total. The van der Waals surface area contributed by atoms with Crippen molar-refractivity contribution in [2.24, 2.45) is 5.92 Å². The molecule has 0 spiro atoms. The molecule has 2 atom stereocenters. The van der Waals surface area contributed by atoms with Crippen LogP contribution in [0.15, 0.2) is 36.5 Å². The van der Waals surface area contributed by atoms with Crippen LogP contribution in [0, 0.1) is 12.8 Å². The highest BCUT2D eigenvalue weighted by atomic mass is 16.2. The first kappa shape index (κ1) is 20.3. The standard InChI is InChI=1S/C26H32N4O/c1-15(2)24-22-13-17(20-14-21(20)26(31)29-19-7-9-27-10-8-19)4-5-23(22)30-25(24)18-6-11-28-16(3)12-18/h4-6,11-13,15,19-21,27,30H,7-10,14H2,1-3H3,(H,29,31)/t20-,21-/m1/s1. The number of aryl methyl sites for hydroxylation is 1. The number of aromatic nitrogens is 2. The minimum atomic E-state index is 0.121. The van der Waals surface area contributed by atoms with Gasteiger partial charge in [-0.05, 0) is 86.5 Å². The highest BCUT2D eigenvalue weighted by Gasteiger charge is 2.44. The Labute approximate surface area is 184 Å². The third-order valence-corrected chi connectivity index (χ3v) is 6.87. The molecule has 0 unspecified atom stereocenters. The molecule has 3 aromatic rings. The van der Waals surface area contributed by atoms with Crippen LogP contribution < -0.4 is 10.6 Å². The molecule has 1 aromatic carbocycles. The maximum atomic E-state index is 12.8. The van der Waals surface area contributed by atoms with Crippen LogP contribution in [0.4, 0.5) is 0 Å². The van der Waals surface area contributed by atoms with E-state index < -0.39 is 0 Å². The number of amides is 1. The zero-order valence-corrected chi connectivity index (χ0v) is 18.7. The molecule has 5 heteroatoms. The number of nitrogens with one attached hydrogen (secondary N) is 3. The molecular formula is C26H32N4O. The Bertz CT molecular complexity index is 1110. The van der Waals surface area contributed by atoms with Crippen molar-refractivity contribution in [3.05, 3.63) is 53.3 Å². The summed E-state index contributed by atoms with van der Waals surface area (Å²) in [5, 5.41) is 7.92. The third-order valence-electron chi connectivity index (χ3n) is 6.87. The molecule has 1 amide bonds. The fourth-order valence-corrected chi connectivity index (χ4v) is 5.12. The van der Waals surface area contributed by atoms with Gasteiger partial charge in [0.1, 0.15) is 0 Å². The van der Waals surface area contributed by atoms with E-state index in [4.69, 9.17) is 0 Å². The van der Waals surface area contributed by atoms with Crippen LogP contribution in [0.2, 0.25) is 0 Å². The van der Waals surface area contributed by atoms with Crippen LogP contribution in [-0.4, -0.2) is 35.0 Å². The van der Waals surface area contributed by atoms with E-state index in [1.54, 1.807) is 0 Å². The van der Waals surface area contributed by atoms with Gasteiger partial charge in [-0.2, -0.15) is 0 Å². The number of hydrogen-bond acceptors (Lipinski definition) is 3. The maximum Gasteiger partial charge on any atom is 0.223 e. The number of hydrogen-bond donors (Lipinski definition) is 3. The lowest BCUT2D eigenvalue weighted by Crippen LogP contribution is -2.43. The van der Waals surface area contributed by atoms with Gasteiger partial charge >= 0.3 is 0 Å². The number of rotatable bonds is 5. The summed E-state index contributed by atoms with van der Waals surface area (Å²) in [5.41, 5.74) is 7.18. The summed E-state index contributed by atoms with van der Waals surface area (Å²) in [7, 11) is 0. The van der Waals surface area contributed by atoms with Crippen molar-refractivity contribution in [1.29, 1.82) is 0 Å². The molecule has 2 aromatic heterocycles. The Hall–Kier alpha value is -2.66. The molecule has 2 fully saturated rings. The summed E-state index contributed by atoms with van der Waals surface area (Å²) < 4.78 is 0. The van der Waals surface area contributed by atoms with E-state index in [0.717, 1.165) is 43.6 Å². The zero-order valence-electron chi connectivity index (χ0n) is 18.7. The normalized spacial score (nSPS) is 21.5. The second-order valence-electron chi connectivity index (χ2n) is 9.54. The van der Waals surface area contributed by atoms with Gasteiger partial charge in [0.25, 0.3) is 0 Å². The van der Waals surface area contributed by atoms with Gasteiger partial charge in [0.05, 0.1) is 5.69 Å². The number of benzene rings is 1. The molecule has 1 saturated carbocycles. The first-order chi connectivity index (χ1) is 15.0. The minimum absolute atomic E-state index is 0.121. The molecule has 5 nitrogen and oxygen atoms in total. The molecular weight excluding hydrogens is 384 g/mol. The van der Waals surface area contributed by atoms with E-state index in [2.05, 4.69) is 64.8 Å². The Kier molecular flexibility index (Phi) is 5.30. The van der Waals surface area contributed by atoms with E-state index in [1.807, 2.05) is 13.1 Å². The first-order valence-corrected chi connectivity index (χ1v) is 11.6. The van der Waals surface area contributed by atoms with Crippen molar-refractivity contribution in [1.82, 2.24) is 20.6 Å². The van der Waals surface area contributed by atoms with Crippen LogP contribution in [0.1, 0.15) is 61.8 Å². The van der Waals surface area contributed by atoms with Crippen molar-refractivity contribution < 1.29 is 4.79 Å². The lowest BCUT2D eigenvalue weighted by Gasteiger charge is -2.23. The SMILES string of the molecule is Cc1cc(-c2[nH]c3ccc([C@H]4C[C@H]4C(=O)NC4CCNCC4)cc3c2C(C)C)ccn1. The zero-order chi connectivity index (χ0) is 21.5. The van der Waals surface area contributed by atoms with Gasteiger partial charge in [-0.3, -0.25) is 9.78 Å². The molecule has 162 valence electrons. The molecule has 1 aliphatic heterocycles. The van der Waals surface area contributed by atoms with Gasteiger partial charge in [0, 0.05) is 40.3 Å². The molecule has 1 aliphatic carbocycles. The van der Waals surface area contributed by atoms with Crippen molar-refractivity contribution in [3.8, 4) is 11.3 Å². The van der Waals surface area contributed by atoms with E-state index >= 15 is 0 Å². The summed E-state index contributed by atoms with van der Waals surface area (Å²) >= 11 is 0. The lowest BCUT2D eigenvalue weighted by atomic mass is 9.94. The number of piperidine rings is 1. The second-order valence-corrected chi connectivity index (χ2v) is 9.54. The van der Waals surface area contributed by atoms with Crippen molar-refractivity contribution >= 4 is 16.8 Å². The predicted molar refractivity (Wildman–Crippen MR) is 125 cm³/mol. The molecule has 0 radical (unpaired) electrons. The van der Waals surface area contributed by atoms with Gasteiger partial charge in [-0.15, -0.1) is 0 Å². The van der Waals surface area contributed by atoms with Crippen LogP contribution in [0.25, 0.3) is 22.2 Å². The number of carbonyl (C=O) groups excluding carboxylic acids is 1.